The molecule has 1 aromatic carbocycles. The van der Waals surface area contributed by atoms with Crippen molar-refractivity contribution in [1.82, 2.24) is 15.3 Å². The van der Waals surface area contributed by atoms with E-state index in [4.69, 9.17) is 0 Å². The van der Waals surface area contributed by atoms with Gasteiger partial charge in [-0.1, -0.05) is 18.6 Å². The Hall–Kier alpha value is -1.82. The van der Waals surface area contributed by atoms with Gasteiger partial charge in [0.2, 0.25) is 0 Å². The van der Waals surface area contributed by atoms with Crippen molar-refractivity contribution in [3.05, 3.63) is 41.9 Å². The first-order valence-corrected chi connectivity index (χ1v) is 7.00. The third-order valence-corrected chi connectivity index (χ3v) is 3.74. The van der Waals surface area contributed by atoms with Gasteiger partial charge in [0.15, 0.2) is 0 Å². The van der Waals surface area contributed by atoms with E-state index in [9.17, 15) is 13.2 Å². The summed E-state index contributed by atoms with van der Waals surface area (Å²) in [6, 6.07) is 5.45. The molecule has 0 saturated carbocycles. The minimum atomic E-state index is -4.33. The number of halogens is 3. The average Bonchev–Trinajstić information content (AvgIpc) is 2.97. The highest BCUT2D eigenvalue weighted by molar-refractivity contribution is 5.59. The monoisotopic (exact) mass is 295 g/mol. The Labute approximate surface area is 120 Å². The van der Waals surface area contributed by atoms with Gasteiger partial charge in [0, 0.05) is 5.56 Å². The molecule has 0 amide bonds. The number of aromatic amines is 1. The van der Waals surface area contributed by atoms with Crippen LogP contribution in [0, 0.1) is 0 Å². The van der Waals surface area contributed by atoms with Crippen LogP contribution in [0.25, 0.3) is 11.3 Å². The minimum absolute atomic E-state index is 0.165. The largest absolute Gasteiger partial charge is 0.416 e. The number of benzene rings is 1. The normalized spacial score (nSPS) is 19.7. The van der Waals surface area contributed by atoms with E-state index in [1.165, 1.54) is 6.07 Å². The van der Waals surface area contributed by atoms with Crippen LogP contribution in [0.2, 0.25) is 0 Å². The molecule has 21 heavy (non-hydrogen) atoms. The second-order valence-corrected chi connectivity index (χ2v) is 5.26. The zero-order valence-electron chi connectivity index (χ0n) is 11.4. The minimum Gasteiger partial charge on any atom is -0.341 e. The van der Waals surface area contributed by atoms with Crippen molar-refractivity contribution in [2.75, 3.05) is 6.54 Å². The zero-order chi connectivity index (χ0) is 14.9. The first-order valence-electron chi connectivity index (χ1n) is 7.00. The zero-order valence-corrected chi connectivity index (χ0v) is 11.4. The molecular weight excluding hydrogens is 279 g/mol. The topological polar surface area (TPSA) is 40.7 Å². The van der Waals surface area contributed by atoms with Crippen molar-refractivity contribution in [1.29, 1.82) is 0 Å². The fourth-order valence-corrected chi connectivity index (χ4v) is 2.61. The van der Waals surface area contributed by atoms with Gasteiger partial charge in [-0.05, 0) is 31.5 Å². The lowest BCUT2D eigenvalue weighted by Gasteiger charge is -2.21. The molecule has 1 atom stereocenters. The third kappa shape index (κ3) is 3.10. The molecule has 112 valence electrons. The lowest BCUT2D eigenvalue weighted by molar-refractivity contribution is -0.137. The highest BCUT2D eigenvalue weighted by Crippen LogP contribution is 2.32. The van der Waals surface area contributed by atoms with Gasteiger partial charge in [0.1, 0.15) is 5.82 Å². The molecule has 2 heterocycles. The van der Waals surface area contributed by atoms with Crippen molar-refractivity contribution in [3.8, 4) is 11.3 Å². The van der Waals surface area contributed by atoms with E-state index in [0.717, 1.165) is 43.8 Å². The summed E-state index contributed by atoms with van der Waals surface area (Å²) in [5.74, 6) is 0.794. The van der Waals surface area contributed by atoms with Crippen LogP contribution in [0.5, 0.6) is 0 Å². The summed E-state index contributed by atoms with van der Waals surface area (Å²) >= 11 is 0. The van der Waals surface area contributed by atoms with Crippen molar-refractivity contribution in [2.45, 2.75) is 31.5 Å². The van der Waals surface area contributed by atoms with E-state index in [-0.39, 0.29) is 6.04 Å². The number of nitrogens with one attached hydrogen (secondary N) is 2. The van der Waals surface area contributed by atoms with Gasteiger partial charge in [0.25, 0.3) is 0 Å². The van der Waals surface area contributed by atoms with Crippen LogP contribution in [-0.2, 0) is 6.18 Å². The Kier molecular flexibility index (Phi) is 3.71. The summed E-state index contributed by atoms with van der Waals surface area (Å²) in [6.07, 6.45) is 0.551. The van der Waals surface area contributed by atoms with Crippen molar-refractivity contribution in [2.24, 2.45) is 0 Å². The van der Waals surface area contributed by atoms with Crippen LogP contribution in [0.15, 0.2) is 30.5 Å². The number of imidazole rings is 1. The maximum Gasteiger partial charge on any atom is 0.416 e. The molecule has 6 heteroatoms. The molecule has 1 saturated heterocycles. The number of hydrogen-bond donors (Lipinski definition) is 2. The Morgan fingerprint density at radius 2 is 2.05 bits per heavy atom. The van der Waals surface area contributed by atoms with Gasteiger partial charge in [-0.3, -0.25) is 0 Å². The summed E-state index contributed by atoms with van der Waals surface area (Å²) in [6.45, 7) is 0.949. The molecular formula is C15H16F3N3. The number of rotatable bonds is 2. The second kappa shape index (κ2) is 5.52. The Morgan fingerprint density at radius 1 is 1.19 bits per heavy atom. The molecule has 3 nitrogen and oxygen atoms in total. The number of aromatic nitrogens is 2. The molecule has 3 rings (SSSR count). The molecule has 1 fully saturated rings. The van der Waals surface area contributed by atoms with E-state index in [1.807, 2.05) is 0 Å². The predicted molar refractivity (Wildman–Crippen MR) is 73.6 cm³/mol. The maximum atomic E-state index is 12.7. The van der Waals surface area contributed by atoms with Crippen LogP contribution < -0.4 is 5.32 Å². The number of H-pyrrole nitrogens is 1. The molecule has 0 aliphatic carbocycles. The van der Waals surface area contributed by atoms with E-state index >= 15 is 0 Å². The fraction of sp³-hybridized carbons (Fsp3) is 0.400. The van der Waals surface area contributed by atoms with Crippen LogP contribution in [0.3, 0.4) is 0 Å². The Balaban J connectivity index is 1.86. The van der Waals surface area contributed by atoms with E-state index in [2.05, 4.69) is 15.3 Å². The van der Waals surface area contributed by atoms with Crippen LogP contribution in [0.4, 0.5) is 13.2 Å². The van der Waals surface area contributed by atoms with Crippen LogP contribution in [0.1, 0.15) is 36.7 Å². The number of alkyl halides is 3. The SMILES string of the molecule is FC(F)(F)c1cccc(-c2cnc(C3CCCCN3)[nH]2)c1. The fourth-order valence-electron chi connectivity index (χ4n) is 2.61. The number of nitrogens with zero attached hydrogens (tertiary/aromatic N) is 1. The molecule has 1 aromatic heterocycles. The smallest absolute Gasteiger partial charge is 0.341 e. The van der Waals surface area contributed by atoms with Gasteiger partial charge < -0.3 is 10.3 Å². The molecule has 1 aliphatic rings. The maximum absolute atomic E-state index is 12.7. The Morgan fingerprint density at radius 3 is 2.76 bits per heavy atom. The van der Waals surface area contributed by atoms with Gasteiger partial charge in [-0.25, -0.2) is 4.98 Å². The standard InChI is InChI=1S/C15H16F3N3/c16-15(17,18)11-5-3-4-10(8-11)13-9-20-14(21-13)12-6-1-2-7-19-12/h3-5,8-9,12,19H,1-2,6-7H2,(H,20,21). The predicted octanol–water partition coefficient (Wildman–Crippen LogP) is 3.91. The molecule has 1 unspecified atom stereocenters. The lowest BCUT2D eigenvalue weighted by atomic mass is 10.0. The molecule has 1 aliphatic heterocycles. The van der Waals surface area contributed by atoms with Crippen LogP contribution >= 0.6 is 0 Å². The average molecular weight is 295 g/mol. The molecule has 0 radical (unpaired) electrons. The van der Waals surface area contributed by atoms with Crippen LogP contribution in [-0.4, -0.2) is 16.5 Å². The lowest BCUT2D eigenvalue weighted by Crippen LogP contribution is -2.27. The summed E-state index contributed by atoms with van der Waals surface area (Å²) in [7, 11) is 0. The van der Waals surface area contributed by atoms with E-state index in [1.54, 1.807) is 12.3 Å². The summed E-state index contributed by atoms with van der Waals surface area (Å²) < 4.78 is 38.2. The molecule has 2 aromatic rings. The highest BCUT2D eigenvalue weighted by atomic mass is 19.4. The Bertz CT molecular complexity index is 613. The molecule has 0 bridgehead atoms. The quantitative estimate of drug-likeness (QED) is 0.882. The molecule has 2 N–H and O–H groups in total. The third-order valence-electron chi connectivity index (χ3n) is 3.74. The highest BCUT2D eigenvalue weighted by Gasteiger charge is 2.30. The summed E-state index contributed by atoms with van der Waals surface area (Å²) in [5.41, 5.74) is 0.467. The van der Waals surface area contributed by atoms with Gasteiger partial charge in [-0.2, -0.15) is 13.2 Å². The second-order valence-electron chi connectivity index (χ2n) is 5.26. The summed E-state index contributed by atoms with van der Waals surface area (Å²) in [4.78, 5) is 7.45. The number of piperidine rings is 1. The van der Waals surface area contributed by atoms with Gasteiger partial charge in [-0.15, -0.1) is 0 Å². The van der Waals surface area contributed by atoms with Crippen molar-refractivity contribution < 1.29 is 13.2 Å². The molecule has 0 spiro atoms. The van der Waals surface area contributed by atoms with Crippen molar-refractivity contribution >= 4 is 0 Å². The van der Waals surface area contributed by atoms with E-state index in [0.29, 0.717) is 11.3 Å². The van der Waals surface area contributed by atoms with Gasteiger partial charge in [0.05, 0.1) is 23.5 Å². The van der Waals surface area contributed by atoms with Crippen molar-refractivity contribution in [3.63, 3.8) is 0 Å². The van der Waals surface area contributed by atoms with Gasteiger partial charge >= 0.3 is 6.18 Å². The summed E-state index contributed by atoms with van der Waals surface area (Å²) in [5, 5.41) is 3.36. The van der Waals surface area contributed by atoms with E-state index < -0.39 is 11.7 Å². The number of hydrogen-bond acceptors (Lipinski definition) is 2. The first-order chi connectivity index (χ1) is 10.0. The first kappa shape index (κ1) is 14.1.